The fourth-order valence-electron chi connectivity index (χ4n) is 1.76. The minimum absolute atomic E-state index is 0.0429. The molecule has 1 saturated carbocycles. The molecule has 6 nitrogen and oxygen atoms in total. The Morgan fingerprint density at radius 3 is 2.55 bits per heavy atom. The number of imidazole rings is 1. The monoisotopic (exact) mass is 440 g/mol. The van der Waals surface area contributed by atoms with Crippen molar-refractivity contribution < 1.29 is 26.4 Å². The van der Waals surface area contributed by atoms with Gasteiger partial charge in [0.05, 0.1) is 5.92 Å². The largest absolute Gasteiger partial charge is 0.393 e. The van der Waals surface area contributed by atoms with Crippen molar-refractivity contribution in [3.05, 3.63) is 15.0 Å². The molecule has 1 heterocycles. The molecule has 2 rings (SSSR count). The highest BCUT2D eigenvalue weighted by atomic mass is 79.9. The Balaban J connectivity index is 2.30. The van der Waals surface area contributed by atoms with Gasteiger partial charge in [0.25, 0.3) is 5.91 Å². The number of hydrogen-bond acceptors (Lipinski definition) is 4. The van der Waals surface area contributed by atoms with Gasteiger partial charge < -0.3 is 4.57 Å². The second kappa shape index (κ2) is 5.30. The molecule has 0 aromatic carbocycles. The lowest BCUT2D eigenvalue weighted by Gasteiger charge is -2.08. The zero-order chi connectivity index (χ0) is 16.2. The quantitative estimate of drug-likeness (QED) is 0.700. The summed E-state index contributed by atoms with van der Waals surface area (Å²) in [6.45, 7) is 0. The van der Waals surface area contributed by atoms with Gasteiger partial charge in [-0.05, 0) is 38.3 Å². The second-order valence-electron chi connectivity index (χ2n) is 4.01. The first-order valence-electron chi connectivity index (χ1n) is 5.44. The summed E-state index contributed by atoms with van der Waals surface area (Å²) in [5.41, 5.74) is -0.425. The molecular weight excluding hydrogens is 435 g/mol. The molecule has 1 amide bonds. The first-order valence-corrected chi connectivity index (χ1v) is 7.69. The second-order valence-corrected chi connectivity index (χ2v) is 6.14. The Kier molecular flexibility index (Phi) is 3.79. The molecule has 0 aliphatic heterocycles. The predicted octanol–water partition coefficient (Wildman–Crippen LogP) is 1.79. The first-order chi connectivity index (χ1) is 9.42. The number of nitrogens with one attached hydrogen (secondary N) is 1. The summed E-state index contributed by atoms with van der Waals surface area (Å²) in [5, 5.41) is 0. The van der Waals surface area contributed by atoms with Crippen LogP contribution in [0.4, 0.5) is 13.2 Å². The zero-order valence-corrected chi connectivity index (χ0v) is 13.3. The Bertz CT molecular complexity index is 706. The maximum atomic E-state index is 12.6. The molecule has 0 bridgehead atoms. The van der Waals surface area contributed by atoms with Gasteiger partial charge in [0.1, 0.15) is 4.60 Å². The van der Waals surface area contributed by atoms with Gasteiger partial charge in [-0.3, -0.25) is 4.79 Å². The minimum atomic E-state index is -4.55. The van der Waals surface area contributed by atoms with Gasteiger partial charge in [-0.15, -0.1) is 0 Å². The standard InChI is InChI=1S/C8H6Br2F3N3O3S/c9-5-4(6(17)15-20(18)19)14-7(10)16(5)3-1-2(3)8(11,12)13/h2-3,20H,1H2,(H,15,17,18,19)/i20D. The van der Waals surface area contributed by atoms with E-state index in [4.69, 9.17) is 1.12 Å². The molecule has 20 heavy (non-hydrogen) atoms. The maximum absolute atomic E-state index is 12.6. The maximum Gasteiger partial charge on any atom is 0.393 e. The van der Waals surface area contributed by atoms with Crippen molar-refractivity contribution in [2.45, 2.75) is 18.6 Å². The Labute approximate surface area is 130 Å². The number of hydrogen-bond donors (Lipinski definition) is 2. The van der Waals surface area contributed by atoms with E-state index < -0.39 is 40.5 Å². The summed E-state index contributed by atoms with van der Waals surface area (Å²) < 4.78 is 68.0. The number of carbonyl (C=O) groups is 1. The molecule has 1 N–H and O–H groups in total. The molecule has 112 valence electrons. The highest BCUT2D eigenvalue weighted by molar-refractivity contribution is 9.11. The van der Waals surface area contributed by atoms with Gasteiger partial charge in [0.2, 0.25) is 10.8 Å². The molecule has 0 radical (unpaired) electrons. The third kappa shape index (κ3) is 3.01. The van der Waals surface area contributed by atoms with Crippen LogP contribution in [0.3, 0.4) is 0 Å². The van der Waals surface area contributed by atoms with Crippen LogP contribution in [0.2, 0.25) is 0 Å². The number of nitrogens with zero attached hydrogens (tertiary/aromatic N) is 2. The van der Waals surface area contributed by atoms with Gasteiger partial charge in [-0.25, -0.2) is 18.1 Å². The Morgan fingerprint density at radius 2 is 2.10 bits per heavy atom. The summed E-state index contributed by atoms with van der Waals surface area (Å²) in [5.74, 6) is -2.75. The van der Waals surface area contributed by atoms with Crippen molar-refractivity contribution in [1.82, 2.24) is 14.3 Å². The van der Waals surface area contributed by atoms with Crippen molar-refractivity contribution in [2.24, 2.45) is 5.92 Å². The lowest BCUT2D eigenvalue weighted by molar-refractivity contribution is -0.150. The Hall–Kier alpha value is -0.620. The predicted molar refractivity (Wildman–Crippen MR) is 68.6 cm³/mol. The van der Waals surface area contributed by atoms with Crippen LogP contribution >= 0.6 is 31.9 Å². The van der Waals surface area contributed by atoms with Crippen molar-refractivity contribution in [2.75, 3.05) is 0 Å². The van der Waals surface area contributed by atoms with E-state index in [-0.39, 0.29) is 15.8 Å². The summed E-state index contributed by atoms with van der Waals surface area (Å²) in [6, 6.07) is -0.921. The number of carbonyl (C=O) groups excluding carboxylic acids is 1. The molecule has 12 heteroatoms. The molecule has 1 aliphatic carbocycles. The minimum Gasteiger partial charge on any atom is -0.309 e. The molecule has 0 spiro atoms. The molecule has 1 aliphatic rings. The lowest BCUT2D eigenvalue weighted by atomic mass is 10.4. The Morgan fingerprint density at radius 1 is 1.50 bits per heavy atom. The molecule has 2 unspecified atom stereocenters. The molecule has 1 aromatic rings. The first kappa shape index (κ1) is 14.3. The van der Waals surface area contributed by atoms with Crippen molar-refractivity contribution in [3.63, 3.8) is 0 Å². The van der Waals surface area contributed by atoms with Crippen molar-refractivity contribution in [1.29, 1.82) is 1.12 Å². The SMILES string of the molecule is [2H]S(=O)(=O)NC(=O)c1nc(Br)n(C2CC2C(F)(F)F)c1Br. The van der Waals surface area contributed by atoms with E-state index in [9.17, 15) is 26.4 Å². The molecule has 1 aromatic heterocycles. The third-order valence-electron chi connectivity index (χ3n) is 2.71. The molecular formula is C8H6Br2F3N3O3S. The van der Waals surface area contributed by atoms with E-state index in [0.29, 0.717) is 0 Å². The molecule has 2 atom stereocenters. The van der Waals surface area contributed by atoms with Gasteiger partial charge in [-0.2, -0.15) is 13.2 Å². The number of amides is 1. The van der Waals surface area contributed by atoms with Crippen LogP contribution in [0.15, 0.2) is 9.34 Å². The smallest absolute Gasteiger partial charge is 0.309 e. The van der Waals surface area contributed by atoms with Gasteiger partial charge in [0.15, 0.2) is 11.6 Å². The third-order valence-corrected chi connectivity index (χ3v) is 4.38. The van der Waals surface area contributed by atoms with E-state index in [1.165, 1.54) is 4.72 Å². The lowest BCUT2D eigenvalue weighted by Crippen LogP contribution is -2.22. The van der Waals surface area contributed by atoms with E-state index in [1.54, 1.807) is 0 Å². The number of rotatable bonds is 3. The number of halogens is 5. The zero-order valence-electron chi connectivity index (χ0n) is 10.3. The van der Waals surface area contributed by atoms with Gasteiger partial charge in [0, 0.05) is 6.04 Å². The highest BCUT2D eigenvalue weighted by Gasteiger charge is 2.57. The van der Waals surface area contributed by atoms with Crippen LogP contribution in [0.5, 0.6) is 0 Å². The fourth-order valence-corrected chi connectivity index (χ4v) is 3.56. The van der Waals surface area contributed by atoms with E-state index >= 15 is 0 Å². The van der Waals surface area contributed by atoms with Crippen molar-refractivity contribution >= 4 is 48.6 Å². The van der Waals surface area contributed by atoms with Crippen molar-refractivity contribution in [3.8, 4) is 0 Å². The summed E-state index contributed by atoms with van der Waals surface area (Å²) in [7, 11) is -4.55. The molecule has 0 saturated heterocycles. The van der Waals surface area contributed by atoms with Crippen LogP contribution in [0.25, 0.3) is 0 Å². The number of aromatic nitrogens is 2. The van der Waals surface area contributed by atoms with Gasteiger partial charge in [-0.1, -0.05) is 0 Å². The fraction of sp³-hybridized carbons (Fsp3) is 0.500. The number of alkyl halides is 3. The topological polar surface area (TPSA) is 81.1 Å². The average Bonchev–Trinajstić information content (AvgIpc) is 2.98. The summed E-state index contributed by atoms with van der Waals surface area (Å²) >= 11 is 5.86. The summed E-state index contributed by atoms with van der Waals surface area (Å²) in [6.07, 6.45) is -4.52. The average molecular weight is 442 g/mol. The van der Waals surface area contributed by atoms with Crippen LogP contribution in [0.1, 0.15) is 23.0 Å². The van der Waals surface area contributed by atoms with E-state index in [0.717, 1.165) is 4.57 Å². The highest BCUT2D eigenvalue weighted by Crippen LogP contribution is 2.55. The van der Waals surface area contributed by atoms with Crippen LogP contribution in [-0.4, -0.2) is 31.2 Å². The summed E-state index contributed by atoms with van der Waals surface area (Å²) in [4.78, 5) is 15.3. The molecule has 1 fully saturated rings. The van der Waals surface area contributed by atoms with E-state index in [2.05, 4.69) is 36.8 Å². The normalized spacial score (nSPS) is 23.4. The van der Waals surface area contributed by atoms with Crippen LogP contribution < -0.4 is 4.72 Å². The van der Waals surface area contributed by atoms with E-state index in [1.807, 2.05) is 0 Å². The van der Waals surface area contributed by atoms with Crippen LogP contribution in [-0.2, 0) is 10.8 Å². The van der Waals surface area contributed by atoms with Crippen LogP contribution in [0, 0.1) is 5.92 Å². The van der Waals surface area contributed by atoms with Gasteiger partial charge >= 0.3 is 6.18 Å². The number of thiol groups is 1.